The van der Waals surface area contributed by atoms with Crippen LogP contribution in [0.1, 0.15) is 23.6 Å². The minimum absolute atomic E-state index is 0.172. The number of benzene rings is 1. The summed E-state index contributed by atoms with van der Waals surface area (Å²) in [5, 5.41) is 0. The van der Waals surface area contributed by atoms with E-state index in [0.717, 1.165) is 24.8 Å². The average molecular weight is 309 g/mol. The van der Waals surface area contributed by atoms with Gasteiger partial charge in [0.2, 0.25) is 0 Å². The molecular formula is C16H18F3N3. The number of rotatable bonds is 3. The van der Waals surface area contributed by atoms with Crippen molar-refractivity contribution >= 4 is 0 Å². The van der Waals surface area contributed by atoms with E-state index in [1.807, 2.05) is 18.3 Å². The number of nitrogens with one attached hydrogen (secondary N) is 1. The Morgan fingerprint density at radius 3 is 2.64 bits per heavy atom. The first-order chi connectivity index (χ1) is 10.5. The van der Waals surface area contributed by atoms with Crippen molar-refractivity contribution in [3.05, 3.63) is 59.2 Å². The third-order valence-corrected chi connectivity index (χ3v) is 4.24. The van der Waals surface area contributed by atoms with Gasteiger partial charge in [0.25, 0.3) is 0 Å². The summed E-state index contributed by atoms with van der Waals surface area (Å²) < 4.78 is 40.3. The molecule has 1 aliphatic rings. The molecule has 3 rings (SSSR count). The van der Waals surface area contributed by atoms with Gasteiger partial charge in [-0.2, -0.15) is 0 Å². The molecule has 1 aromatic heterocycles. The summed E-state index contributed by atoms with van der Waals surface area (Å²) in [4.78, 5) is 5.30. The van der Waals surface area contributed by atoms with Gasteiger partial charge < -0.3 is 10.7 Å². The van der Waals surface area contributed by atoms with Crippen LogP contribution >= 0.6 is 0 Å². The van der Waals surface area contributed by atoms with Crippen molar-refractivity contribution in [1.29, 1.82) is 0 Å². The van der Waals surface area contributed by atoms with E-state index in [-0.39, 0.29) is 17.5 Å². The topological polar surface area (TPSA) is 45.0 Å². The Labute approximate surface area is 126 Å². The molecule has 0 radical (unpaired) electrons. The normalized spacial score (nSPS) is 22.9. The second-order valence-electron chi connectivity index (χ2n) is 5.78. The van der Waals surface area contributed by atoms with Crippen molar-refractivity contribution < 1.29 is 13.2 Å². The lowest BCUT2D eigenvalue weighted by Gasteiger charge is -2.36. The molecule has 22 heavy (non-hydrogen) atoms. The van der Waals surface area contributed by atoms with Gasteiger partial charge in [0.1, 0.15) is 5.82 Å². The van der Waals surface area contributed by atoms with E-state index in [1.54, 1.807) is 0 Å². The summed E-state index contributed by atoms with van der Waals surface area (Å²) in [6.07, 6.45) is 2.47. The van der Waals surface area contributed by atoms with Crippen molar-refractivity contribution in [2.24, 2.45) is 5.73 Å². The maximum Gasteiger partial charge on any atom is 0.161 e. The number of aromatic amines is 1. The van der Waals surface area contributed by atoms with Gasteiger partial charge >= 0.3 is 0 Å². The van der Waals surface area contributed by atoms with E-state index in [4.69, 9.17) is 5.73 Å². The number of aromatic nitrogens is 1. The lowest BCUT2D eigenvalue weighted by Crippen LogP contribution is -2.47. The summed E-state index contributed by atoms with van der Waals surface area (Å²) in [6, 6.07) is 5.15. The zero-order valence-electron chi connectivity index (χ0n) is 12.0. The number of H-pyrrole nitrogens is 1. The smallest absolute Gasteiger partial charge is 0.161 e. The SMILES string of the molecule is N[C@H]1CN(Cc2ccc[nH]2)CC[C@@H]1c1cc(F)c(F)cc1F. The molecule has 1 aromatic carbocycles. The lowest BCUT2D eigenvalue weighted by molar-refractivity contribution is 0.180. The molecule has 118 valence electrons. The van der Waals surface area contributed by atoms with Gasteiger partial charge in [-0.1, -0.05) is 0 Å². The van der Waals surface area contributed by atoms with Gasteiger partial charge in [-0.3, -0.25) is 4.90 Å². The number of nitrogens with two attached hydrogens (primary N) is 1. The van der Waals surface area contributed by atoms with Crippen LogP contribution in [0.5, 0.6) is 0 Å². The summed E-state index contributed by atoms with van der Waals surface area (Å²) in [7, 11) is 0. The molecule has 1 aliphatic heterocycles. The highest BCUT2D eigenvalue weighted by Crippen LogP contribution is 2.31. The molecule has 0 unspecified atom stereocenters. The Hall–Kier alpha value is -1.79. The van der Waals surface area contributed by atoms with Crippen molar-refractivity contribution in [3.63, 3.8) is 0 Å². The molecule has 6 heteroatoms. The number of hydrogen-bond donors (Lipinski definition) is 2. The monoisotopic (exact) mass is 309 g/mol. The largest absolute Gasteiger partial charge is 0.364 e. The molecule has 3 N–H and O–H groups in total. The Kier molecular flexibility index (Phi) is 4.22. The van der Waals surface area contributed by atoms with Crippen molar-refractivity contribution in [1.82, 2.24) is 9.88 Å². The molecule has 2 heterocycles. The van der Waals surface area contributed by atoms with Gasteiger partial charge in [0.05, 0.1) is 0 Å². The maximum absolute atomic E-state index is 13.9. The van der Waals surface area contributed by atoms with E-state index in [2.05, 4.69) is 9.88 Å². The molecule has 0 bridgehead atoms. The highest BCUT2D eigenvalue weighted by Gasteiger charge is 2.30. The predicted molar refractivity (Wildman–Crippen MR) is 77.7 cm³/mol. The summed E-state index contributed by atoms with van der Waals surface area (Å²) in [6.45, 7) is 2.06. The van der Waals surface area contributed by atoms with Crippen LogP contribution in [0.2, 0.25) is 0 Å². The van der Waals surface area contributed by atoms with Crippen LogP contribution in [0.3, 0.4) is 0 Å². The van der Waals surface area contributed by atoms with Gasteiger partial charge in [-0.05, 0) is 36.7 Å². The lowest BCUT2D eigenvalue weighted by atomic mass is 9.85. The number of likely N-dealkylation sites (tertiary alicyclic amines) is 1. The summed E-state index contributed by atoms with van der Waals surface area (Å²) in [5.41, 5.74) is 7.41. The summed E-state index contributed by atoms with van der Waals surface area (Å²) >= 11 is 0. The Morgan fingerprint density at radius 1 is 1.18 bits per heavy atom. The van der Waals surface area contributed by atoms with E-state index in [1.165, 1.54) is 0 Å². The highest BCUT2D eigenvalue weighted by atomic mass is 19.2. The first kappa shape index (κ1) is 15.1. The van der Waals surface area contributed by atoms with Gasteiger partial charge in [0.15, 0.2) is 11.6 Å². The minimum Gasteiger partial charge on any atom is -0.364 e. The molecule has 3 nitrogen and oxygen atoms in total. The number of nitrogens with zero attached hydrogens (tertiary/aromatic N) is 1. The third-order valence-electron chi connectivity index (χ3n) is 4.24. The fraction of sp³-hybridized carbons (Fsp3) is 0.375. The van der Waals surface area contributed by atoms with Crippen molar-refractivity contribution in [2.75, 3.05) is 13.1 Å². The van der Waals surface area contributed by atoms with E-state index >= 15 is 0 Å². The maximum atomic E-state index is 13.9. The number of hydrogen-bond acceptors (Lipinski definition) is 2. The minimum atomic E-state index is -1.17. The van der Waals surface area contributed by atoms with Crippen LogP contribution in [-0.4, -0.2) is 29.0 Å². The molecule has 1 saturated heterocycles. The molecule has 0 saturated carbocycles. The van der Waals surface area contributed by atoms with Gasteiger partial charge in [-0.15, -0.1) is 0 Å². The molecular weight excluding hydrogens is 291 g/mol. The van der Waals surface area contributed by atoms with Crippen molar-refractivity contribution in [2.45, 2.75) is 24.9 Å². The first-order valence-electron chi connectivity index (χ1n) is 7.29. The van der Waals surface area contributed by atoms with Crippen molar-refractivity contribution in [3.8, 4) is 0 Å². The van der Waals surface area contributed by atoms with Crippen LogP contribution in [0, 0.1) is 17.5 Å². The van der Waals surface area contributed by atoms with Crippen LogP contribution in [-0.2, 0) is 6.54 Å². The van der Waals surface area contributed by atoms with Gasteiger partial charge in [-0.25, -0.2) is 13.2 Å². The molecule has 1 fully saturated rings. The molecule has 0 spiro atoms. The van der Waals surface area contributed by atoms with Crippen LogP contribution < -0.4 is 5.73 Å². The molecule has 0 aliphatic carbocycles. The molecule has 2 atom stereocenters. The Morgan fingerprint density at radius 2 is 1.95 bits per heavy atom. The zero-order chi connectivity index (χ0) is 15.7. The van der Waals surface area contributed by atoms with Gasteiger partial charge in [0, 0.05) is 43.0 Å². The third kappa shape index (κ3) is 3.03. The second-order valence-corrected chi connectivity index (χ2v) is 5.78. The highest BCUT2D eigenvalue weighted by molar-refractivity contribution is 5.26. The molecule has 2 aromatic rings. The Bertz CT molecular complexity index is 642. The fourth-order valence-electron chi connectivity index (χ4n) is 3.11. The van der Waals surface area contributed by atoms with Crippen LogP contribution in [0.4, 0.5) is 13.2 Å². The number of piperidine rings is 1. The van der Waals surface area contributed by atoms with Crippen LogP contribution in [0.25, 0.3) is 0 Å². The zero-order valence-corrected chi connectivity index (χ0v) is 12.0. The Balaban J connectivity index is 1.72. The summed E-state index contributed by atoms with van der Waals surface area (Å²) in [5.74, 6) is -3.22. The average Bonchev–Trinajstić information content (AvgIpc) is 2.96. The standard InChI is InChI=1S/C16H18F3N3/c17-13-7-15(19)14(18)6-12(13)11-3-5-22(9-16(11)20)8-10-2-1-4-21-10/h1-2,4,6-7,11,16,21H,3,5,8-9,20H2/t11-,16+/m1/s1. The number of halogens is 3. The van der Waals surface area contributed by atoms with E-state index in [0.29, 0.717) is 19.0 Å². The second kappa shape index (κ2) is 6.14. The van der Waals surface area contributed by atoms with Crippen LogP contribution in [0.15, 0.2) is 30.5 Å². The van der Waals surface area contributed by atoms with E-state index in [9.17, 15) is 13.2 Å². The molecule has 0 amide bonds. The quantitative estimate of drug-likeness (QED) is 0.856. The predicted octanol–water partition coefficient (Wildman–Crippen LogP) is 2.75. The first-order valence-corrected chi connectivity index (χ1v) is 7.29. The fourth-order valence-corrected chi connectivity index (χ4v) is 3.11. The van der Waals surface area contributed by atoms with E-state index < -0.39 is 17.5 Å².